The summed E-state index contributed by atoms with van der Waals surface area (Å²) in [5.41, 5.74) is 4.88. The van der Waals surface area contributed by atoms with Gasteiger partial charge in [-0.3, -0.25) is 0 Å². The summed E-state index contributed by atoms with van der Waals surface area (Å²) in [5, 5.41) is 12.4. The van der Waals surface area contributed by atoms with Gasteiger partial charge in [-0.05, 0) is 24.4 Å². The molecule has 1 saturated carbocycles. The third-order valence-electron chi connectivity index (χ3n) is 2.90. The van der Waals surface area contributed by atoms with Crippen LogP contribution in [0.2, 0.25) is 5.28 Å². The first-order chi connectivity index (χ1) is 8.13. The Balaban J connectivity index is 2.21. The van der Waals surface area contributed by atoms with Crippen LogP contribution < -0.4 is 11.1 Å². The molecule has 3 N–H and O–H groups in total. The van der Waals surface area contributed by atoms with Gasteiger partial charge in [0.2, 0.25) is 17.2 Å². The van der Waals surface area contributed by atoms with Gasteiger partial charge < -0.3 is 11.1 Å². The molecule has 0 atom stereocenters. The zero-order valence-corrected chi connectivity index (χ0v) is 10.0. The monoisotopic (exact) mass is 252 g/mol. The molecule has 1 aromatic rings. The first-order valence-electron chi connectivity index (χ1n) is 5.50. The van der Waals surface area contributed by atoms with Crippen LogP contribution >= 0.6 is 11.6 Å². The second-order valence-corrected chi connectivity index (χ2v) is 4.50. The molecular weight excluding hydrogens is 240 g/mol. The molecule has 0 saturated heterocycles. The van der Waals surface area contributed by atoms with Crippen molar-refractivity contribution in [1.29, 1.82) is 5.26 Å². The first kappa shape index (κ1) is 11.9. The topological polar surface area (TPSA) is 101 Å². The van der Waals surface area contributed by atoms with Crippen molar-refractivity contribution in [3.63, 3.8) is 0 Å². The number of nitriles is 1. The van der Waals surface area contributed by atoms with E-state index in [-0.39, 0.29) is 17.2 Å². The molecule has 90 valence electrons. The average Bonchev–Trinajstić information content (AvgIpc) is 2.29. The Morgan fingerprint density at radius 1 is 1.24 bits per heavy atom. The number of anilines is 2. The van der Waals surface area contributed by atoms with Gasteiger partial charge in [0, 0.05) is 0 Å². The van der Waals surface area contributed by atoms with Gasteiger partial charge in [0.05, 0.1) is 6.07 Å². The van der Waals surface area contributed by atoms with Gasteiger partial charge in [0.25, 0.3) is 0 Å². The minimum absolute atomic E-state index is 0.0314. The van der Waals surface area contributed by atoms with E-state index in [1.165, 1.54) is 0 Å². The minimum atomic E-state index is -0.602. The SMILES string of the molecule is N#CC1(Nc2nc(N)nc(Cl)n2)CCCCC1. The van der Waals surface area contributed by atoms with E-state index in [0.717, 1.165) is 32.1 Å². The summed E-state index contributed by atoms with van der Waals surface area (Å²) in [6.45, 7) is 0. The second kappa shape index (κ2) is 4.72. The predicted octanol–water partition coefficient (Wildman–Crippen LogP) is 1.75. The van der Waals surface area contributed by atoms with Gasteiger partial charge in [0.1, 0.15) is 5.54 Å². The van der Waals surface area contributed by atoms with Crippen molar-refractivity contribution in [3.8, 4) is 6.07 Å². The van der Waals surface area contributed by atoms with Crippen molar-refractivity contribution in [2.24, 2.45) is 0 Å². The van der Waals surface area contributed by atoms with E-state index < -0.39 is 5.54 Å². The van der Waals surface area contributed by atoms with E-state index in [1.807, 2.05) is 0 Å². The Hall–Kier alpha value is -1.61. The van der Waals surface area contributed by atoms with Gasteiger partial charge in [0.15, 0.2) is 0 Å². The lowest BCUT2D eigenvalue weighted by atomic mass is 9.83. The average molecular weight is 253 g/mol. The molecule has 0 bridgehead atoms. The van der Waals surface area contributed by atoms with Gasteiger partial charge >= 0.3 is 0 Å². The molecular formula is C10H13ClN6. The standard InChI is InChI=1S/C10H13ClN6/c11-7-14-8(13)16-9(15-7)17-10(6-12)4-2-1-3-5-10/h1-5H2,(H3,13,14,15,16,17). The van der Waals surface area contributed by atoms with Crippen molar-refractivity contribution in [3.05, 3.63) is 5.28 Å². The number of nitrogens with two attached hydrogens (primary N) is 1. The number of aromatic nitrogens is 3. The number of hydrogen-bond acceptors (Lipinski definition) is 6. The summed E-state index contributed by atoms with van der Waals surface area (Å²) in [6.07, 6.45) is 4.77. The van der Waals surface area contributed by atoms with Crippen LogP contribution in [0.4, 0.5) is 11.9 Å². The minimum Gasteiger partial charge on any atom is -0.368 e. The van der Waals surface area contributed by atoms with Crippen molar-refractivity contribution >= 4 is 23.5 Å². The molecule has 17 heavy (non-hydrogen) atoms. The zero-order chi connectivity index (χ0) is 12.3. The summed E-state index contributed by atoms with van der Waals surface area (Å²) in [5.74, 6) is 0.322. The largest absolute Gasteiger partial charge is 0.368 e. The summed E-state index contributed by atoms with van der Waals surface area (Å²) in [6, 6.07) is 2.31. The Bertz CT molecular complexity index is 428. The summed E-state index contributed by atoms with van der Waals surface area (Å²) < 4.78 is 0. The summed E-state index contributed by atoms with van der Waals surface area (Å²) >= 11 is 5.69. The van der Waals surface area contributed by atoms with E-state index in [0.29, 0.717) is 0 Å². The Morgan fingerprint density at radius 2 is 1.94 bits per heavy atom. The van der Waals surface area contributed by atoms with Crippen LogP contribution in [0.3, 0.4) is 0 Å². The highest BCUT2D eigenvalue weighted by Gasteiger charge is 2.32. The van der Waals surface area contributed by atoms with Crippen LogP contribution in [-0.2, 0) is 0 Å². The fourth-order valence-corrected chi connectivity index (χ4v) is 2.22. The van der Waals surface area contributed by atoms with Crippen LogP contribution in [0, 0.1) is 11.3 Å². The molecule has 1 aliphatic rings. The lowest BCUT2D eigenvalue weighted by Crippen LogP contribution is -2.39. The van der Waals surface area contributed by atoms with Crippen molar-refractivity contribution in [1.82, 2.24) is 15.0 Å². The lowest BCUT2D eigenvalue weighted by molar-refractivity contribution is 0.390. The molecule has 1 fully saturated rings. The van der Waals surface area contributed by atoms with Gasteiger partial charge in [-0.15, -0.1) is 0 Å². The van der Waals surface area contributed by atoms with Gasteiger partial charge in [-0.1, -0.05) is 19.3 Å². The maximum Gasteiger partial charge on any atom is 0.230 e. The second-order valence-electron chi connectivity index (χ2n) is 4.17. The van der Waals surface area contributed by atoms with Crippen LogP contribution in [-0.4, -0.2) is 20.5 Å². The van der Waals surface area contributed by atoms with E-state index in [2.05, 4.69) is 26.3 Å². The highest BCUT2D eigenvalue weighted by molar-refractivity contribution is 6.28. The summed E-state index contributed by atoms with van der Waals surface area (Å²) in [7, 11) is 0. The molecule has 1 aromatic heterocycles. The van der Waals surface area contributed by atoms with E-state index >= 15 is 0 Å². The normalized spacial score (nSPS) is 18.4. The van der Waals surface area contributed by atoms with Crippen molar-refractivity contribution < 1.29 is 0 Å². The van der Waals surface area contributed by atoms with Crippen LogP contribution in [0.15, 0.2) is 0 Å². The van der Waals surface area contributed by atoms with E-state index in [4.69, 9.17) is 17.3 Å². The fourth-order valence-electron chi connectivity index (χ4n) is 2.06. The van der Waals surface area contributed by atoms with Crippen LogP contribution in [0.5, 0.6) is 0 Å². The highest BCUT2D eigenvalue weighted by Crippen LogP contribution is 2.30. The maximum absolute atomic E-state index is 9.29. The Kier molecular flexibility index (Phi) is 3.29. The summed E-state index contributed by atoms with van der Waals surface area (Å²) in [4.78, 5) is 11.5. The van der Waals surface area contributed by atoms with Crippen molar-refractivity contribution in [2.45, 2.75) is 37.6 Å². The number of nitrogen functional groups attached to an aromatic ring is 1. The molecule has 7 heteroatoms. The quantitative estimate of drug-likeness (QED) is 0.832. The smallest absolute Gasteiger partial charge is 0.230 e. The third kappa shape index (κ3) is 2.74. The molecule has 0 unspecified atom stereocenters. The number of halogens is 1. The molecule has 2 rings (SSSR count). The molecule has 1 aliphatic carbocycles. The number of rotatable bonds is 2. The molecule has 6 nitrogen and oxygen atoms in total. The Morgan fingerprint density at radius 3 is 2.53 bits per heavy atom. The third-order valence-corrected chi connectivity index (χ3v) is 3.07. The maximum atomic E-state index is 9.29. The van der Waals surface area contributed by atoms with Gasteiger partial charge in [-0.25, -0.2) is 0 Å². The number of nitrogens with one attached hydrogen (secondary N) is 1. The van der Waals surface area contributed by atoms with E-state index in [1.54, 1.807) is 0 Å². The van der Waals surface area contributed by atoms with Crippen LogP contribution in [0.25, 0.3) is 0 Å². The zero-order valence-electron chi connectivity index (χ0n) is 9.28. The highest BCUT2D eigenvalue weighted by atomic mass is 35.5. The lowest BCUT2D eigenvalue weighted by Gasteiger charge is -2.31. The molecule has 0 spiro atoms. The van der Waals surface area contributed by atoms with Crippen LogP contribution in [0.1, 0.15) is 32.1 Å². The molecule has 1 heterocycles. The fraction of sp³-hybridized carbons (Fsp3) is 0.600. The number of hydrogen-bond donors (Lipinski definition) is 2. The molecule has 0 amide bonds. The Labute approximate surface area is 104 Å². The molecule has 0 aromatic carbocycles. The first-order valence-corrected chi connectivity index (χ1v) is 5.88. The predicted molar refractivity (Wildman–Crippen MR) is 64.3 cm³/mol. The molecule has 0 radical (unpaired) electrons. The van der Waals surface area contributed by atoms with E-state index in [9.17, 15) is 5.26 Å². The number of nitrogens with zero attached hydrogens (tertiary/aromatic N) is 4. The molecule has 0 aliphatic heterocycles. The van der Waals surface area contributed by atoms with Crippen molar-refractivity contribution in [2.75, 3.05) is 11.1 Å². The van der Waals surface area contributed by atoms with Gasteiger partial charge in [-0.2, -0.15) is 20.2 Å².